The third-order valence-electron chi connectivity index (χ3n) is 9.45. The number of aryl methyl sites for hydroxylation is 4. The number of para-hydroxylation sites is 1. The normalized spacial score (nSPS) is 13.7. The number of allylic oxidation sites excluding steroid dienone is 2. The van der Waals surface area contributed by atoms with E-state index < -0.39 is 5.91 Å². The Morgan fingerprint density at radius 2 is 1.39 bits per heavy atom. The topological polar surface area (TPSA) is 185 Å². The number of benzene rings is 2. The highest BCUT2D eigenvalue weighted by molar-refractivity contribution is 6.04. The van der Waals surface area contributed by atoms with Crippen LogP contribution in [0, 0.1) is 13.8 Å². The number of imidazole rings is 2. The molecule has 0 aliphatic carbocycles. The first-order chi connectivity index (χ1) is 26.1. The number of primary amides is 1. The molecule has 7 rings (SSSR count). The number of carbonyl (C=O) groups is 3. The van der Waals surface area contributed by atoms with E-state index in [0.29, 0.717) is 85.8 Å². The van der Waals surface area contributed by atoms with Crippen molar-refractivity contribution >= 4 is 51.7 Å². The molecular weight excluding hydrogens is 688 g/mol. The molecule has 3 amide bonds. The lowest BCUT2D eigenvalue weighted by atomic mass is 10.1. The summed E-state index contributed by atoms with van der Waals surface area (Å²) in [7, 11) is 0. The molecule has 16 nitrogen and oxygen atoms in total. The van der Waals surface area contributed by atoms with E-state index in [2.05, 4.69) is 36.8 Å². The highest BCUT2D eigenvalue weighted by Crippen LogP contribution is 2.26. The number of nitrogens with two attached hydrogens (primary N) is 1. The zero-order valence-corrected chi connectivity index (χ0v) is 30.9. The van der Waals surface area contributed by atoms with Gasteiger partial charge >= 0.3 is 0 Å². The molecule has 2 aromatic carbocycles. The molecule has 280 valence electrons. The summed E-state index contributed by atoms with van der Waals surface area (Å²) < 4.78 is 12.7. The number of nitrogens with zero attached hydrogens (tertiary/aromatic N) is 9. The number of morpholine rings is 1. The van der Waals surface area contributed by atoms with Gasteiger partial charge in [-0.2, -0.15) is 10.2 Å². The van der Waals surface area contributed by atoms with Crippen molar-refractivity contribution in [2.45, 2.75) is 60.4 Å². The minimum Gasteiger partial charge on any atom is -0.379 e. The predicted molar refractivity (Wildman–Crippen MR) is 204 cm³/mol. The quantitative estimate of drug-likeness (QED) is 0.147. The Labute approximate surface area is 311 Å². The second-order valence-electron chi connectivity index (χ2n) is 13.2. The molecule has 1 aliphatic heterocycles. The number of rotatable bonds is 13. The number of carbonyl (C=O) groups excluding carboxylic acids is 3. The SMILES string of the molecule is CCn1nc(C)cc1C(=O)Nc1nc2cc(C(N)=O)ccc2n1C/C=C/Cn1c(NC(=O)c2cc(C)nn2CC)nc2c(CN3CCOCC3)cccc21. The number of hydrogen-bond acceptors (Lipinski definition) is 9. The van der Waals surface area contributed by atoms with Gasteiger partial charge in [-0.25, -0.2) is 9.97 Å². The average Bonchev–Trinajstić information content (AvgIpc) is 3.93. The smallest absolute Gasteiger partial charge is 0.276 e. The zero-order chi connectivity index (χ0) is 37.9. The van der Waals surface area contributed by atoms with E-state index in [4.69, 9.17) is 15.5 Å². The van der Waals surface area contributed by atoms with Crippen LogP contribution in [0.1, 0.15) is 62.1 Å². The Bertz CT molecular complexity index is 2390. The average molecular weight is 733 g/mol. The summed E-state index contributed by atoms with van der Waals surface area (Å²) in [5, 5.41) is 14.9. The van der Waals surface area contributed by atoms with E-state index in [1.54, 1.807) is 39.7 Å². The van der Waals surface area contributed by atoms with Gasteiger partial charge in [0.1, 0.15) is 11.4 Å². The number of hydrogen-bond donors (Lipinski definition) is 3. The highest BCUT2D eigenvalue weighted by atomic mass is 16.5. The second kappa shape index (κ2) is 15.5. The van der Waals surface area contributed by atoms with E-state index in [1.165, 1.54) is 0 Å². The van der Waals surface area contributed by atoms with Crippen molar-refractivity contribution in [1.29, 1.82) is 0 Å². The van der Waals surface area contributed by atoms with Crippen LogP contribution in [0.2, 0.25) is 0 Å². The summed E-state index contributed by atoms with van der Waals surface area (Å²) >= 11 is 0. The van der Waals surface area contributed by atoms with Crippen molar-refractivity contribution in [3.05, 3.63) is 94.6 Å². The maximum atomic E-state index is 13.6. The van der Waals surface area contributed by atoms with E-state index >= 15 is 0 Å². The van der Waals surface area contributed by atoms with E-state index in [-0.39, 0.29) is 11.8 Å². The minimum absolute atomic E-state index is 0.298. The molecule has 16 heteroatoms. The third-order valence-corrected chi connectivity index (χ3v) is 9.45. The number of ether oxygens (including phenoxy) is 1. The van der Waals surface area contributed by atoms with Gasteiger partial charge in [-0.1, -0.05) is 24.3 Å². The van der Waals surface area contributed by atoms with Gasteiger partial charge in [-0.05, 0) is 69.7 Å². The summed E-state index contributed by atoms with van der Waals surface area (Å²) in [6, 6.07) is 14.6. The summed E-state index contributed by atoms with van der Waals surface area (Å²) in [6.45, 7) is 13.1. The van der Waals surface area contributed by atoms with Gasteiger partial charge in [0.25, 0.3) is 11.8 Å². The first-order valence-corrected chi connectivity index (χ1v) is 18.1. The van der Waals surface area contributed by atoms with Gasteiger partial charge in [0.05, 0.1) is 46.7 Å². The van der Waals surface area contributed by atoms with Crippen molar-refractivity contribution in [2.75, 3.05) is 36.9 Å². The Morgan fingerprint density at radius 3 is 1.98 bits per heavy atom. The predicted octanol–water partition coefficient (Wildman–Crippen LogP) is 4.13. The molecule has 1 saturated heterocycles. The first kappa shape index (κ1) is 36.2. The summed E-state index contributed by atoms with van der Waals surface area (Å²) in [5.41, 5.74) is 12.2. The third kappa shape index (κ3) is 7.38. The van der Waals surface area contributed by atoms with Crippen LogP contribution in [0.15, 0.2) is 60.7 Å². The van der Waals surface area contributed by atoms with Gasteiger partial charge in [0.2, 0.25) is 17.8 Å². The summed E-state index contributed by atoms with van der Waals surface area (Å²) in [4.78, 5) is 51.1. The zero-order valence-electron chi connectivity index (χ0n) is 30.9. The molecule has 1 aliphatic rings. The van der Waals surface area contributed by atoms with Crippen molar-refractivity contribution in [1.82, 2.24) is 43.6 Å². The van der Waals surface area contributed by atoms with Crippen LogP contribution in [0.5, 0.6) is 0 Å². The molecule has 0 atom stereocenters. The minimum atomic E-state index is -0.572. The standard InChI is InChI=1S/C38H44N12O4/c1-5-49-31(20-24(3)44-49)35(52)42-37-40-28-22-26(34(39)51)12-13-29(28)47(37)14-7-8-15-48-30-11-9-10-27(23-46-16-18-54-19-17-46)33(30)41-38(48)43-36(53)32-21-25(4)45-50(32)6-2/h7-13,20-22H,5-6,14-19,23H2,1-4H3,(H2,39,51)(H,40,42,52)(H,41,43,53)/b8-7+. The van der Waals surface area contributed by atoms with Crippen LogP contribution in [-0.4, -0.2) is 87.6 Å². The number of amides is 3. The Kier molecular flexibility index (Phi) is 10.4. The molecular formula is C38H44N12O4. The number of aromatic nitrogens is 8. The molecule has 0 unspecified atom stereocenters. The molecule has 1 fully saturated rings. The lowest BCUT2D eigenvalue weighted by molar-refractivity contribution is 0.0343. The molecule has 5 heterocycles. The number of fused-ring (bicyclic) bond motifs is 2. The number of anilines is 2. The van der Waals surface area contributed by atoms with Crippen LogP contribution in [-0.2, 0) is 37.5 Å². The van der Waals surface area contributed by atoms with Gasteiger partial charge in [-0.3, -0.25) is 39.3 Å². The second-order valence-corrected chi connectivity index (χ2v) is 13.2. The van der Waals surface area contributed by atoms with E-state index in [1.807, 2.05) is 61.1 Å². The fourth-order valence-electron chi connectivity index (χ4n) is 6.81. The number of nitrogens with one attached hydrogen (secondary N) is 2. The van der Waals surface area contributed by atoms with Gasteiger partial charge < -0.3 is 19.6 Å². The van der Waals surface area contributed by atoms with Gasteiger partial charge in [0.15, 0.2) is 0 Å². The molecule has 4 aromatic heterocycles. The summed E-state index contributed by atoms with van der Waals surface area (Å²) in [6.07, 6.45) is 3.94. The lowest BCUT2D eigenvalue weighted by Crippen LogP contribution is -2.35. The van der Waals surface area contributed by atoms with Crippen LogP contribution in [0.25, 0.3) is 22.1 Å². The lowest BCUT2D eigenvalue weighted by Gasteiger charge is -2.26. The van der Waals surface area contributed by atoms with Gasteiger partial charge in [0, 0.05) is 51.4 Å². The first-order valence-electron chi connectivity index (χ1n) is 18.1. The van der Waals surface area contributed by atoms with E-state index in [9.17, 15) is 14.4 Å². The van der Waals surface area contributed by atoms with Crippen molar-refractivity contribution in [3.8, 4) is 0 Å². The summed E-state index contributed by atoms with van der Waals surface area (Å²) in [5.74, 6) is -0.506. The Balaban J connectivity index is 1.20. The molecule has 4 N–H and O–H groups in total. The molecule has 0 bridgehead atoms. The Morgan fingerprint density at radius 1 is 0.796 bits per heavy atom. The molecule has 0 saturated carbocycles. The van der Waals surface area contributed by atoms with Crippen molar-refractivity contribution in [3.63, 3.8) is 0 Å². The van der Waals surface area contributed by atoms with Crippen LogP contribution < -0.4 is 16.4 Å². The fraction of sp³-hybridized carbons (Fsp3) is 0.342. The van der Waals surface area contributed by atoms with Crippen LogP contribution in [0.3, 0.4) is 0 Å². The highest BCUT2D eigenvalue weighted by Gasteiger charge is 2.22. The van der Waals surface area contributed by atoms with E-state index in [0.717, 1.165) is 41.1 Å². The molecule has 0 radical (unpaired) electrons. The fourth-order valence-corrected chi connectivity index (χ4v) is 6.81. The monoisotopic (exact) mass is 732 g/mol. The van der Waals surface area contributed by atoms with Crippen molar-refractivity contribution in [2.24, 2.45) is 5.73 Å². The maximum Gasteiger partial charge on any atom is 0.276 e. The molecule has 0 spiro atoms. The van der Waals surface area contributed by atoms with Crippen LogP contribution >= 0.6 is 0 Å². The van der Waals surface area contributed by atoms with Crippen LogP contribution in [0.4, 0.5) is 11.9 Å². The Hall–Kier alpha value is -6.13. The maximum absolute atomic E-state index is 13.6. The largest absolute Gasteiger partial charge is 0.379 e. The van der Waals surface area contributed by atoms with Gasteiger partial charge in [-0.15, -0.1) is 0 Å². The molecule has 6 aromatic rings. The molecule has 54 heavy (non-hydrogen) atoms. The van der Waals surface area contributed by atoms with Crippen molar-refractivity contribution < 1.29 is 19.1 Å².